The molecule has 1 aromatic carbocycles. The van der Waals surface area contributed by atoms with Crippen LogP contribution in [-0.4, -0.2) is 17.3 Å². The molecule has 0 spiro atoms. The Balaban J connectivity index is 2.64. The summed E-state index contributed by atoms with van der Waals surface area (Å²) in [5.74, 6) is 0.0465. The van der Waals surface area contributed by atoms with Crippen molar-refractivity contribution in [1.29, 1.82) is 0 Å². The summed E-state index contributed by atoms with van der Waals surface area (Å²) in [5.41, 5.74) is 1.50. The van der Waals surface area contributed by atoms with Crippen LogP contribution in [0.25, 0.3) is 0 Å². The molecule has 1 aromatic rings. The third kappa shape index (κ3) is 3.32. The lowest BCUT2D eigenvalue weighted by atomic mass is 10.1. The molecule has 0 fully saturated rings. The van der Waals surface area contributed by atoms with Gasteiger partial charge in [0.25, 0.3) is 0 Å². The summed E-state index contributed by atoms with van der Waals surface area (Å²) in [6, 6.07) is 6.98. The van der Waals surface area contributed by atoms with Crippen molar-refractivity contribution in [3.8, 4) is 0 Å². The zero-order valence-corrected chi connectivity index (χ0v) is 8.82. The van der Waals surface area contributed by atoms with Gasteiger partial charge in [0.15, 0.2) is 0 Å². The highest BCUT2D eigenvalue weighted by Crippen LogP contribution is 2.22. The molecule has 1 N–H and O–H groups in total. The van der Waals surface area contributed by atoms with Crippen molar-refractivity contribution in [2.24, 2.45) is 0 Å². The summed E-state index contributed by atoms with van der Waals surface area (Å²) in [5, 5.41) is 8.64. The lowest BCUT2D eigenvalue weighted by molar-refractivity contribution is 0.0697. The van der Waals surface area contributed by atoms with Crippen LogP contribution in [0.1, 0.15) is 15.9 Å². The highest BCUT2D eigenvalue weighted by Gasteiger charge is 2.00. The number of benzene rings is 1. The first kappa shape index (κ1) is 10.5. The molecule has 0 amide bonds. The summed E-state index contributed by atoms with van der Waals surface area (Å²) < 4.78 is 0. The Bertz CT molecular complexity index is 282. The highest BCUT2D eigenvalue weighted by atomic mass is 33.1. The lowest BCUT2D eigenvalue weighted by Crippen LogP contribution is -1.95. The van der Waals surface area contributed by atoms with Crippen LogP contribution in [-0.2, 0) is 5.75 Å². The van der Waals surface area contributed by atoms with Crippen molar-refractivity contribution >= 4 is 27.6 Å². The van der Waals surface area contributed by atoms with Gasteiger partial charge in [-0.25, -0.2) is 4.79 Å². The maximum atomic E-state index is 10.5. The predicted molar refractivity (Wildman–Crippen MR) is 58.2 cm³/mol. The van der Waals surface area contributed by atoms with Gasteiger partial charge in [-0.05, 0) is 24.0 Å². The van der Waals surface area contributed by atoms with Crippen molar-refractivity contribution < 1.29 is 9.90 Å². The fourth-order valence-electron chi connectivity index (χ4n) is 0.871. The summed E-state index contributed by atoms with van der Waals surface area (Å²) in [6.45, 7) is 0. The van der Waals surface area contributed by atoms with E-state index in [1.807, 2.05) is 18.4 Å². The molecule has 0 aliphatic heterocycles. The molecule has 0 radical (unpaired) electrons. The van der Waals surface area contributed by atoms with Gasteiger partial charge in [0.2, 0.25) is 0 Å². The molecule has 4 heteroatoms. The second-order valence-electron chi connectivity index (χ2n) is 2.43. The molecular weight excluding hydrogens is 204 g/mol. The molecular formula is C9H10O2S2. The molecule has 0 atom stereocenters. The topological polar surface area (TPSA) is 37.3 Å². The van der Waals surface area contributed by atoms with E-state index in [9.17, 15) is 4.79 Å². The first-order chi connectivity index (χ1) is 6.24. The van der Waals surface area contributed by atoms with Gasteiger partial charge in [0.05, 0.1) is 5.56 Å². The molecule has 0 saturated carbocycles. The Morgan fingerprint density at radius 3 is 2.46 bits per heavy atom. The van der Waals surface area contributed by atoms with E-state index >= 15 is 0 Å². The Labute approximate surface area is 85.1 Å². The molecule has 0 aliphatic carbocycles. The number of hydrogen-bond donors (Lipinski definition) is 1. The molecule has 13 heavy (non-hydrogen) atoms. The number of carboxylic acids is 1. The first-order valence-corrected chi connectivity index (χ1v) is 6.44. The Kier molecular flexibility index (Phi) is 4.18. The molecule has 0 aliphatic rings. The maximum Gasteiger partial charge on any atom is 0.335 e. The number of carboxylic acid groups (broad SMARTS) is 1. The van der Waals surface area contributed by atoms with Gasteiger partial charge >= 0.3 is 5.97 Å². The second-order valence-corrected chi connectivity index (χ2v) is 5.00. The molecule has 0 aromatic heterocycles. The van der Waals surface area contributed by atoms with Crippen LogP contribution in [0, 0.1) is 0 Å². The van der Waals surface area contributed by atoms with Crippen molar-refractivity contribution in [3.63, 3.8) is 0 Å². The van der Waals surface area contributed by atoms with Gasteiger partial charge in [-0.2, -0.15) is 0 Å². The van der Waals surface area contributed by atoms with Crippen LogP contribution in [0.3, 0.4) is 0 Å². The largest absolute Gasteiger partial charge is 0.478 e. The average Bonchev–Trinajstić information content (AvgIpc) is 2.15. The van der Waals surface area contributed by atoms with Crippen molar-refractivity contribution in [2.75, 3.05) is 6.26 Å². The predicted octanol–water partition coefficient (Wildman–Crippen LogP) is 2.90. The minimum Gasteiger partial charge on any atom is -0.478 e. The van der Waals surface area contributed by atoms with E-state index in [0.29, 0.717) is 5.56 Å². The van der Waals surface area contributed by atoms with Crippen molar-refractivity contribution in [1.82, 2.24) is 0 Å². The Hall–Kier alpha value is -0.610. The van der Waals surface area contributed by atoms with E-state index < -0.39 is 5.97 Å². The van der Waals surface area contributed by atoms with Crippen LogP contribution < -0.4 is 0 Å². The van der Waals surface area contributed by atoms with E-state index in [4.69, 9.17) is 5.11 Å². The number of carbonyl (C=O) groups is 1. The SMILES string of the molecule is CSSCc1ccc(C(=O)O)cc1. The molecule has 0 bridgehead atoms. The highest BCUT2D eigenvalue weighted by molar-refractivity contribution is 8.76. The second kappa shape index (κ2) is 5.19. The molecule has 2 nitrogen and oxygen atoms in total. The van der Waals surface area contributed by atoms with Gasteiger partial charge in [-0.15, -0.1) is 0 Å². The zero-order chi connectivity index (χ0) is 9.68. The maximum absolute atomic E-state index is 10.5. The van der Waals surface area contributed by atoms with Crippen LogP contribution in [0.2, 0.25) is 0 Å². The normalized spacial score (nSPS) is 9.92. The van der Waals surface area contributed by atoms with Crippen LogP contribution >= 0.6 is 21.6 Å². The average molecular weight is 214 g/mol. The van der Waals surface area contributed by atoms with E-state index in [1.165, 1.54) is 0 Å². The summed E-state index contributed by atoms with van der Waals surface area (Å²) in [6.07, 6.45) is 2.02. The number of aromatic carboxylic acids is 1. The minimum atomic E-state index is -0.871. The Morgan fingerprint density at radius 1 is 1.38 bits per heavy atom. The number of hydrogen-bond acceptors (Lipinski definition) is 3. The third-order valence-corrected chi connectivity index (χ3v) is 3.29. The summed E-state index contributed by atoms with van der Waals surface area (Å²) >= 11 is 0. The van der Waals surface area contributed by atoms with Gasteiger partial charge < -0.3 is 5.11 Å². The molecule has 0 unspecified atom stereocenters. The smallest absolute Gasteiger partial charge is 0.335 e. The summed E-state index contributed by atoms with van der Waals surface area (Å²) in [7, 11) is 3.45. The van der Waals surface area contributed by atoms with Gasteiger partial charge in [0, 0.05) is 5.75 Å². The van der Waals surface area contributed by atoms with Gasteiger partial charge in [-0.1, -0.05) is 33.7 Å². The third-order valence-electron chi connectivity index (χ3n) is 1.54. The van der Waals surface area contributed by atoms with Crippen molar-refractivity contribution in [3.05, 3.63) is 35.4 Å². The zero-order valence-electron chi connectivity index (χ0n) is 7.19. The van der Waals surface area contributed by atoms with Crippen LogP contribution in [0.5, 0.6) is 0 Å². The van der Waals surface area contributed by atoms with Crippen LogP contribution in [0.15, 0.2) is 24.3 Å². The number of rotatable bonds is 4. The Morgan fingerprint density at radius 2 is 2.00 bits per heavy atom. The van der Waals surface area contributed by atoms with Crippen molar-refractivity contribution in [2.45, 2.75) is 5.75 Å². The quantitative estimate of drug-likeness (QED) is 0.782. The molecule has 70 valence electrons. The minimum absolute atomic E-state index is 0.345. The molecule has 1 rings (SSSR count). The van der Waals surface area contributed by atoms with Gasteiger partial charge in [-0.3, -0.25) is 0 Å². The van der Waals surface area contributed by atoms with Gasteiger partial charge in [0.1, 0.15) is 0 Å². The van der Waals surface area contributed by atoms with Crippen LogP contribution in [0.4, 0.5) is 0 Å². The van der Waals surface area contributed by atoms with E-state index in [-0.39, 0.29) is 0 Å². The van der Waals surface area contributed by atoms with E-state index in [1.54, 1.807) is 33.7 Å². The monoisotopic (exact) mass is 214 g/mol. The first-order valence-electron chi connectivity index (χ1n) is 3.72. The summed E-state index contributed by atoms with van der Waals surface area (Å²) in [4.78, 5) is 10.5. The van der Waals surface area contributed by atoms with E-state index in [0.717, 1.165) is 11.3 Å². The molecule has 0 heterocycles. The van der Waals surface area contributed by atoms with E-state index in [2.05, 4.69) is 0 Å². The lowest BCUT2D eigenvalue weighted by Gasteiger charge is -1.99. The fraction of sp³-hybridized carbons (Fsp3) is 0.222. The fourth-order valence-corrected chi connectivity index (χ4v) is 2.08. The standard InChI is InChI=1S/C9H10O2S2/c1-12-13-6-7-2-4-8(5-3-7)9(10)11/h2-5H,6H2,1H3,(H,10,11). The molecule has 0 saturated heterocycles.